The third kappa shape index (κ3) is 4.16. The molecule has 0 spiro atoms. The number of aromatic nitrogens is 2. The second kappa shape index (κ2) is 6.53. The minimum Gasteiger partial charge on any atom is -0.478 e. The van der Waals surface area contributed by atoms with Crippen molar-refractivity contribution >= 4 is 33.4 Å². The topological polar surface area (TPSA) is 84.3 Å². The SMILES string of the molecule is CC(C)Oc1cc(Nc2ccc(Br)c(C(=O)O)c2)ncn1. The molecule has 0 aliphatic heterocycles. The van der Waals surface area contributed by atoms with Crippen molar-refractivity contribution in [3.8, 4) is 5.88 Å². The number of benzene rings is 1. The normalized spacial score (nSPS) is 10.5. The largest absolute Gasteiger partial charge is 0.478 e. The molecule has 0 fully saturated rings. The molecule has 0 aliphatic carbocycles. The van der Waals surface area contributed by atoms with Crippen LogP contribution in [-0.2, 0) is 0 Å². The Morgan fingerprint density at radius 3 is 2.76 bits per heavy atom. The molecule has 2 rings (SSSR count). The number of nitrogens with zero attached hydrogens (tertiary/aromatic N) is 2. The van der Waals surface area contributed by atoms with E-state index in [-0.39, 0.29) is 11.7 Å². The first kappa shape index (κ1) is 15.2. The lowest BCUT2D eigenvalue weighted by Gasteiger charge is -2.11. The number of hydrogen-bond acceptors (Lipinski definition) is 5. The fourth-order valence-corrected chi connectivity index (χ4v) is 2.04. The van der Waals surface area contributed by atoms with Gasteiger partial charge in [-0.2, -0.15) is 0 Å². The van der Waals surface area contributed by atoms with E-state index in [2.05, 4.69) is 31.2 Å². The number of hydrogen-bond donors (Lipinski definition) is 2. The molecule has 0 radical (unpaired) electrons. The van der Waals surface area contributed by atoms with E-state index in [4.69, 9.17) is 9.84 Å². The minimum absolute atomic E-state index is 0.0130. The van der Waals surface area contributed by atoms with Gasteiger partial charge in [-0.1, -0.05) is 0 Å². The zero-order valence-corrected chi connectivity index (χ0v) is 13.1. The molecule has 1 aromatic heterocycles. The van der Waals surface area contributed by atoms with E-state index < -0.39 is 5.97 Å². The van der Waals surface area contributed by atoms with E-state index in [1.807, 2.05) is 13.8 Å². The van der Waals surface area contributed by atoms with Crippen LogP contribution in [0.1, 0.15) is 24.2 Å². The van der Waals surface area contributed by atoms with Gasteiger partial charge in [-0.25, -0.2) is 14.8 Å². The van der Waals surface area contributed by atoms with Crippen molar-refractivity contribution in [2.75, 3.05) is 5.32 Å². The Labute approximate surface area is 130 Å². The van der Waals surface area contributed by atoms with Crippen LogP contribution in [0.3, 0.4) is 0 Å². The maximum atomic E-state index is 11.1. The predicted molar refractivity (Wildman–Crippen MR) is 82.2 cm³/mol. The molecule has 1 aromatic carbocycles. The van der Waals surface area contributed by atoms with Crippen molar-refractivity contribution in [1.82, 2.24) is 9.97 Å². The molecule has 6 nitrogen and oxygen atoms in total. The molecular weight excluding hydrogens is 338 g/mol. The van der Waals surface area contributed by atoms with E-state index in [0.29, 0.717) is 21.9 Å². The Bertz CT molecular complexity index is 662. The Morgan fingerprint density at radius 1 is 1.33 bits per heavy atom. The standard InChI is InChI=1S/C14H14BrN3O3/c1-8(2)21-13-6-12(16-7-17-13)18-9-3-4-11(15)10(5-9)14(19)20/h3-8H,1-2H3,(H,19,20)(H,16,17,18). The van der Waals surface area contributed by atoms with Crippen LogP contribution >= 0.6 is 15.9 Å². The highest BCUT2D eigenvalue weighted by Gasteiger charge is 2.10. The van der Waals surface area contributed by atoms with Crippen LogP contribution in [0.25, 0.3) is 0 Å². The van der Waals surface area contributed by atoms with Gasteiger partial charge in [0, 0.05) is 16.2 Å². The summed E-state index contributed by atoms with van der Waals surface area (Å²) in [5.41, 5.74) is 0.789. The molecule has 0 unspecified atom stereocenters. The summed E-state index contributed by atoms with van der Waals surface area (Å²) in [5, 5.41) is 12.1. The summed E-state index contributed by atoms with van der Waals surface area (Å²) in [6, 6.07) is 6.60. The van der Waals surface area contributed by atoms with Gasteiger partial charge in [0.25, 0.3) is 0 Å². The second-order valence-corrected chi connectivity index (χ2v) is 5.39. The average Bonchev–Trinajstić information content (AvgIpc) is 2.40. The first-order chi connectivity index (χ1) is 9.95. The number of anilines is 2. The maximum absolute atomic E-state index is 11.1. The third-order valence-corrected chi connectivity index (χ3v) is 3.16. The highest BCUT2D eigenvalue weighted by Crippen LogP contribution is 2.24. The van der Waals surface area contributed by atoms with Crippen LogP contribution in [0.15, 0.2) is 35.1 Å². The van der Waals surface area contributed by atoms with Gasteiger partial charge in [0.05, 0.1) is 11.7 Å². The Kier molecular flexibility index (Phi) is 4.74. The third-order valence-electron chi connectivity index (χ3n) is 2.47. The number of rotatable bonds is 5. The molecule has 110 valence electrons. The van der Waals surface area contributed by atoms with Crippen LogP contribution < -0.4 is 10.1 Å². The number of halogens is 1. The highest BCUT2D eigenvalue weighted by atomic mass is 79.9. The van der Waals surface area contributed by atoms with E-state index in [1.54, 1.807) is 18.2 Å². The molecule has 2 N–H and O–H groups in total. The summed E-state index contributed by atoms with van der Waals surface area (Å²) in [6.45, 7) is 3.81. The zero-order chi connectivity index (χ0) is 15.4. The smallest absolute Gasteiger partial charge is 0.336 e. The lowest BCUT2D eigenvalue weighted by atomic mass is 10.2. The molecule has 0 saturated carbocycles. The van der Waals surface area contributed by atoms with E-state index >= 15 is 0 Å². The number of ether oxygens (including phenoxy) is 1. The van der Waals surface area contributed by atoms with Crippen molar-refractivity contribution in [3.05, 3.63) is 40.6 Å². The summed E-state index contributed by atoms with van der Waals surface area (Å²) < 4.78 is 6.00. The quantitative estimate of drug-likeness (QED) is 0.857. The predicted octanol–water partition coefficient (Wildman–Crippen LogP) is 3.47. The molecule has 1 heterocycles. The van der Waals surface area contributed by atoms with E-state index in [9.17, 15) is 4.79 Å². The summed E-state index contributed by atoms with van der Waals surface area (Å²) >= 11 is 3.20. The van der Waals surface area contributed by atoms with Crippen LogP contribution in [0.4, 0.5) is 11.5 Å². The fourth-order valence-electron chi connectivity index (χ4n) is 1.63. The number of nitrogens with one attached hydrogen (secondary N) is 1. The molecule has 7 heteroatoms. The maximum Gasteiger partial charge on any atom is 0.336 e. The van der Waals surface area contributed by atoms with Gasteiger partial charge >= 0.3 is 5.97 Å². The van der Waals surface area contributed by atoms with Gasteiger partial charge in [0.15, 0.2) is 0 Å². The number of carboxylic acids is 1. The van der Waals surface area contributed by atoms with Crippen molar-refractivity contribution in [3.63, 3.8) is 0 Å². The van der Waals surface area contributed by atoms with Crippen molar-refractivity contribution in [2.24, 2.45) is 0 Å². The monoisotopic (exact) mass is 351 g/mol. The van der Waals surface area contributed by atoms with Gasteiger partial charge < -0.3 is 15.2 Å². The summed E-state index contributed by atoms with van der Waals surface area (Å²) in [6.07, 6.45) is 1.40. The summed E-state index contributed by atoms with van der Waals surface area (Å²) in [5.74, 6) is -0.0191. The summed E-state index contributed by atoms with van der Waals surface area (Å²) in [4.78, 5) is 19.2. The van der Waals surface area contributed by atoms with Gasteiger partial charge in [-0.05, 0) is 48.0 Å². The molecule has 0 bridgehead atoms. The Morgan fingerprint density at radius 2 is 2.10 bits per heavy atom. The zero-order valence-electron chi connectivity index (χ0n) is 11.5. The van der Waals surface area contributed by atoms with Crippen LogP contribution in [0, 0.1) is 0 Å². The molecule has 21 heavy (non-hydrogen) atoms. The Balaban J connectivity index is 2.22. The van der Waals surface area contributed by atoms with Gasteiger partial charge in [0.1, 0.15) is 12.1 Å². The highest BCUT2D eigenvalue weighted by molar-refractivity contribution is 9.10. The Hall–Kier alpha value is -2.15. The van der Waals surface area contributed by atoms with Crippen LogP contribution in [-0.4, -0.2) is 27.1 Å². The van der Waals surface area contributed by atoms with Gasteiger partial charge in [0.2, 0.25) is 5.88 Å². The van der Waals surface area contributed by atoms with Crippen molar-refractivity contribution in [1.29, 1.82) is 0 Å². The molecule has 2 aromatic rings. The second-order valence-electron chi connectivity index (χ2n) is 4.53. The van der Waals surface area contributed by atoms with E-state index in [1.165, 1.54) is 12.4 Å². The lowest BCUT2D eigenvalue weighted by molar-refractivity contribution is 0.0696. The first-order valence-electron chi connectivity index (χ1n) is 6.24. The molecule has 0 atom stereocenters. The summed E-state index contributed by atoms with van der Waals surface area (Å²) in [7, 11) is 0. The van der Waals surface area contributed by atoms with Gasteiger partial charge in [-0.3, -0.25) is 0 Å². The fraction of sp³-hybridized carbons (Fsp3) is 0.214. The number of carboxylic acid groups (broad SMARTS) is 1. The average molecular weight is 352 g/mol. The molecule has 0 amide bonds. The number of carbonyl (C=O) groups is 1. The van der Waals surface area contributed by atoms with Crippen LogP contribution in [0.5, 0.6) is 5.88 Å². The van der Waals surface area contributed by atoms with Crippen molar-refractivity contribution < 1.29 is 14.6 Å². The van der Waals surface area contributed by atoms with E-state index in [0.717, 1.165) is 0 Å². The molecular formula is C14H14BrN3O3. The van der Waals surface area contributed by atoms with Crippen molar-refractivity contribution in [2.45, 2.75) is 20.0 Å². The minimum atomic E-state index is -1.00. The first-order valence-corrected chi connectivity index (χ1v) is 7.03. The number of aromatic carboxylic acids is 1. The van der Waals surface area contributed by atoms with Crippen LogP contribution in [0.2, 0.25) is 0 Å². The molecule has 0 aliphatic rings. The van der Waals surface area contributed by atoms with Gasteiger partial charge in [-0.15, -0.1) is 0 Å². The lowest BCUT2D eigenvalue weighted by Crippen LogP contribution is -2.07. The molecule has 0 saturated heterocycles.